The van der Waals surface area contributed by atoms with Crippen LogP contribution < -0.4 is 5.32 Å². The number of rotatable bonds is 9. The highest BCUT2D eigenvalue weighted by Crippen LogP contribution is 2.48. The summed E-state index contributed by atoms with van der Waals surface area (Å²) in [7, 11) is -3.47. The van der Waals surface area contributed by atoms with Gasteiger partial charge in [-0.05, 0) is 48.3 Å². The van der Waals surface area contributed by atoms with Crippen LogP contribution in [-0.2, 0) is 25.6 Å². The Kier molecular flexibility index (Phi) is 9.15. The minimum absolute atomic E-state index is 0. The molecule has 2 fully saturated rings. The molecular weight excluding hydrogens is 426 g/mol. The average molecular weight is 458 g/mol. The van der Waals surface area contributed by atoms with E-state index in [1.54, 1.807) is 18.2 Å². The van der Waals surface area contributed by atoms with Gasteiger partial charge in [-0.15, -0.1) is 0 Å². The van der Waals surface area contributed by atoms with Gasteiger partial charge in [0.15, 0.2) is 0 Å². The zero-order valence-corrected chi connectivity index (χ0v) is 19.2. The Hall–Kier alpha value is -1.15. The number of carbonyl (C=O) groups excluding carboxylic acids is 1. The highest BCUT2D eigenvalue weighted by atomic mass is 35.5. The fourth-order valence-electron chi connectivity index (χ4n) is 4.70. The van der Waals surface area contributed by atoms with Gasteiger partial charge >= 0.3 is 0 Å². The summed E-state index contributed by atoms with van der Waals surface area (Å²) in [6.07, 6.45) is 9.80. The summed E-state index contributed by atoms with van der Waals surface area (Å²) in [6.45, 7) is 1.06. The monoisotopic (exact) mass is 457 g/mol. The van der Waals surface area contributed by atoms with Gasteiger partial charge in [0.05, 0.1) is 36.7 Å². The largest absolute Gasteiger partial charge is 0.374 e. The Balaban J connectivity index is 0.00000320. The van der Waals surface area contributed by atoms with E-state index in [1.807, 2.05) is 0 Å². The van der Waals surface area contributed by atoms with Crippen LogP contribution in [0.15, 0.2) is 18.2 Å². The third-order valence-corrected chi connectivity index (χ3v) is 6.98. The summed E-state index contributed by atoms with van der Waals surface area (Å²) in [5, 5.41) is 3.54. The maximum atomic E-state index is 12.8. The van der Waals surface area contributed by atoms with E-state index in [0.29, 0.717) is 17.1 Å². The second-order valence-electron chi connectivity index (χ2n) is 8.43. The standard InChI is InChI=1S/C21H30ClNO5S.CH2/c1-29(25,26)28-11-10-27-14-17-6-7-19(22)18(12-17)20(24)23-15-21-8-2-4-16(13-21)5-3-9-21;/h6-7,12,16H,2-5,8-11,13-15H2,1H3,(H,23,24);1H2. The smallest absolute Gasteiger partial charge is 0.264 e. The normalized spacial score (nSPS) is 23.5. The van der Waals surface area contributed by atoms with Crippen LogP contribution in [0, 0.1) is 18.8 Å². The second-order valence-corrected chi connectivity index (χ2v) is 10.5. The molecule has 0 saturated heterocycles. The first-order valence-electron chi connectivity index (χ1n) is 10.3. The van der Waals surface area contributed by atoms with Crippen molar-refractivity contribution in [2.45, 2.75) is 51.6 Å². The van der Waals surface area contributed by atoms with Gasteiger partial charge in [-0.25, -0.2) is 0 Å². The summed E-state index contributed by atoms with van der Waals surface area (Å²) < 4.78 is 31.9. The van der Waals surface area contributed by atoms with Crippen molar-refractivity contribution in [2.75, 3.05) is 26.0 Å². The number of nitrogens with one attached hydrogen (secondary N) is 1. The maximum Gasteiger partial charge on any atom is 0.264 e. The van der Waals surface area contributed by atoms with Crippen molar-refractivity contribution in [3.8, 4) is 0 Å². The number of ether oxygens (including phenoxy) is 1. The van der Waals surface area contributed by atoms with Crippen LogP contribution in [0.25, 0.3) is 0 Å². The Morgan fingerprint density at radius 1 is 1.23 bits per heavy atom. The molecule has 0 unspecified atom stereocenters. The van der Waals surface area contributed by atoms with Crippen molar-refractivity contribution in [3.05, 3.63) is 41.8 Å². The van der Waals surface area contributed by atoms with E-state index in [4.69, 9.17) is 16.3 Å². The lowest BCUT2D eigenvalue weighted by Gasteiger charge is -2.45. The molecule has 2 aliphatic carbocycles. The molecule has 2 bridgehead atoms. The van der Waals surface area contributed by atoms with Gasteiger partial charge in [0.1, 0.15) is 0 Å². The number of benzene rings is 1. The number of hydrogen-bond acceptors (Lipinski definition) is 5. The summed E-state index contributed by atoms with van der Waals surface area (Å²) in [5.74, 6) is 0.671. The first kappa shape index (κ1) is 25.1. The molecule has 3 rings (SSSR count). The van der Waals surface area contributed by atoms with E-state index in [9.17, 15) is 13.2 Å². The fraction of sp³-hybridized carbons (Fsp3) is 0.636. The molecule has 1 aromatic rings. The molecule has 0 heterocycles. The number of hydrogen-bond donors (Lipinski definition) is 1. The lowest BCUT2D eigenvalue weighted by molar-refractivity contribution is 0.0681. The molecule has 1 aromatic carbocycles. The lowest BCUT2D eigenvalue weighted by atomic mass is 9.62. The summed E-state index contributed by atoms with van der Waals surface area (Å²) in [4.78, 5) is 12.8. The third-order valence-electron chi connectivity index (χ3n) is 6.05. The Bertz CT molecular complexity index is 817. The Morgan fingerprint density at radius 3 is 2.60 bits per heavy atom. The van der Waals surface area contributed by atoms with Gasteiger partial charge in [0.25, 0.3) is 16.0 Å². The Labute approximate surface area is 185 Å². The van der Waals surface area contributed by atoms with Crippen LogP contribution in [0.4, 0.5) is 0 Å². The minimum Gasteiger partial charge on any atom is -0.374 e. The van der Waals surface area contributed by atoms with E-state index < -0.39 is 10.1 Å². The topological polar surface area (TPSA) is 81.7 Å². The first-order chi connectivity index (χ1) is 13.8. The molecule has 2 aliphatic rings. The molecule has 1 amide bonds. The van der Waals surface area contributed by atoms with E-state index in [2.05, 4.69) is 9.50 Å². The third kappa shape index (κ3) is 7.22. The van der Waals surface area contributed by atoms with Gasteiger partial charge in [0.2, 0.25) is 0 Å². The molecule has 8 heteroatoms. The second kappa shape index (κ2) is 10.9. The predicted molar refractivity (Wildman–Crippen MR) is 118 cm³/mol. The molecule has 0 atom stereocenters. The van der Waals surface area contributed by atoms with Crippen molar-refractivity contribution in [3.63, 3.8) is 0 Å². The molecule has 2 saturated carbocycles. The zero-order chi connectivity index (χ0) is 20.9. The maximum absolute atomic E-state index is 12.8. The van der Waals surface area contributed by atoms with Crippen LogP contribution in [0.1, 0.15) is 60.9 Å². The number of amides is 1. The van der Waals surface area contributed by atoms with Crippen LogP contribution in [0.3, 0.4) is 0 Å². The van der Waals surface area contributed by atoms with Gasteiger partial charge in [-0.2, -0.15) is 8.42 Å². The van der Waals surface area contributed by atoms with Crippen molar-refractivity contribution in [2.24, 2.45) is 11.3 Å². The average Bonchev–Trinajstić information content (AvgIpc) is 2.66. The number of carbonyl (C=O) groups is 1. The summed E-state index contributed by atoms with van der Waals surface area (Å²) in [5.41, 5.74) is 1.50. The van der Waals surface area contributed by atoms with Gasteiger partial charge in [-0.1, -0.05) is 50.8 Å². The zero-order valence-electron chi connectivity index (χ0n) is 17.6. The van der Waals surface area contributed by atoms with Crippen LogP contribution in [0.5, 0.6) is 0 Å². The van der Waals surface area contributed by atoms with Crippen molar-refractivity contribution in [1.82, 2.24) is 5.32 Å². The molecule has 1 N–H and O–H groups in total. The molecule has 0 aliphatic heterocycles. The van der Waals surface area contributed by atoms with Gasteiger partial charge in [0, 0.05) is 6.54 Å². The molecule has 2 radical (unpaired) electrons. The van der Waals surface area contributed by atoms with Crippen molar-refractivity contribution in [1.29, 1.82) is 0 Å². The molecule has 6 nitrogen and oxygen atoms in total. The van der Waals surface area contributed by atoms with Gasteiger partial charge < -0.3 is 10.1 Å². The highest BCUT2D eigenvalue weighted by Gasteiger charge is 2.39. The molecule has 0 spiro atoms. The highest BCUT2D eigenvalue weighted by molar-refractivity contribution is 7.85. The predicted octanol–water partition coefficient (Wildman–Crippen LogP) is 4.25. The number of fused-ring (bicyclic) bond motifs is 2. The van der Waals surface area contributed by atoms with Crippen LogP contribution >= 0.6 is 11.6 Å². The van der Waals surface area contributed by atoms with E-state index in [0.717, 1.165) is 17.7 Å². The molecule has 168 valence electrons. The fourth-order valence-corrected chi connectivity index (χ4v) is 5.28. The molecule has 30 heavy (non-hydrogen) atoms. The lowest BCUT2D eigenvalue weighted by Crippen LogP contribution is -2.43. The summed E-state index contributed by atoms with van der Waals surface area (Å²) in [6, 6.07) is 5.22. The first-order valence-corrected chi connectivity index (χ1v) is 12.4. The molecule has 0 aromatic heterocycles. The molecular formula is C22H32ClNO5S. The van der Waals surface area contributed by atoms with Crippen molar-refractivity contribution < 1.29 is 22.1 Å². The number of halogens is 1. The minimum atomic E-state index is -3.47. The van der Waals surface area contributed by atoms with Crippen LogP contribution in [-0.4, -0.2) is 40.3 Å². The van der Waals surface area contributed by atoms with E-state index in [-0.39, 0.29) is 38.6 Å². The van der Waals surface area contributed by atoms with Crippen LogP contribution in [0.2, 0.25) is 5.02 Å². The Morgan fingerprint density at radius 2 is 1.93 bits per heavy atom. The van der Waals surface area contributed by atoms with E-state index in [1.165, 1.54) is 44.9 Å². The van der Waals surface area contributed by atoms with Crippen molar-refractivity contribution >= 4 is 27.6 Å². The SMILES string of the molecule is CS(=O)(=O)OCCOCc1ccc(Cl)c(C(=O)NCC23CCCC(CCC2)C3)c1.[CH2]. The van der Waals surface area contributed by atoms with Gasteiger partial charge in [-0.3, -0.25) is 8.98 Å². The quantitative estimate of drug-likeness (QED) is 0.442. The van der Waals surface area contributed by atoms with E-state index >= 15 is 0 Å². The summed E-state index contributed by atoms with van der Waals surface area (Å²) >= 11 is 6.26.